The Morgan fingerprint density at radius 3 is 2.85 bits per heavy atom. The van der Waals surface area contributed by atoms with Gasteiger partial charge in [-0.3, -0.25) is 14.3 Å². The van der Waals surface area contributed by atoms with Gasteiger partial charge in [-0.2, -0.15) is 0 Å². The highest BCUT2D eigenvalue weighted by Gasteiger charge is 2.21. The van der Waals surface area contributed by atoms with E-state index in [1.807, 2.05) is 6.08 Å². The zero-order valence-corrected chi connectivity index (χ0v) is 11.6. The van der Waals surface area contributed by atoms with Crippen molar-refractivity contribution >= 4 is 5.97 Å². The fourth-order valence-corrected chi connectivity index (χ4v) is 2.34. The molecule has 1 heterocycles. The molecule has 6 heteroatoms. The Morgan fingerprint density at radius 1 is 1.50 bits per heavy atom. The van der Waals surface area contributed by atoms with E-state index in [-0.39, 0.29) is 17.6 Å². The maximum atomic E-state index is 11.8. The summed E-state index contributed by atoms with van der Waals surface area (Å²) in [5.41, 5.74) is 0.408. The highest BCUT2D eigenvalue weighted by Crippen LogP contribution is 2.27. The van der Waals surface area contributed by atoms with E-state index in [1.54, 1.807) is 20.0 Å². The van der Waals surface area contributed by atoms with Gasteiger partial charge < -0.3 is 4.74 Å². The highest BCUT2D eigenvalue weighted by atomic mass is 16.5. The third kappa shape index (κ3) is 2.89. The molecule has 0 aromatic carbocycles. The number of aromatic nitrogens is 2. The maximum absolute atomic E-state index is 11.8. The van der Waals surface area contributed by atoms with Crippen LogP contribution in [-0.2, 0) is 9.53 Å². The van der Waals surface area contributed by atoms with Gasteiger partial charge in [-0.05, 0) is 33.1 Å². The van der Waals surface area contributed by atoms with E-state index >= 15 is 0 Å². The largest absolute Gasteiger partial charge is 0.463 e. The second kappa shape index (κ2) is 5.90. The molecule has 1 aromatic rings. The summed E-state index contributed by atoms with van der Waals surface area (Å²) in [6.45, 7) is 3.79. The number of nitrogens with one attached hydrogen (secondary N) is 1. The van der Waals surface area contributed by atoms with Gasteiger partial charge in [0.2, 0.25) is 0 Å². The predicted octanol–water partition coefficient (Wildman–Crippen LogP) is 1.06. The van der Waals surface area contributed by atoms with Crippen LogP contribution in [0.2, 0.25) is 0 Å². The van der Waals surface area contributed by atoms with Crippen LogP contribution in [-0.4, -0.2) is 22.1 Å². The van der Waals surface area contributed by atoms with Crippen LogP contribution in [0.15, 0.2) is 27.4 Å². The number of nitrogens with zero attached hydrogens (tertiary/aromatic N) is 1. The summed E-state index contributed by atoms with van der Waals surface area (Å²) in [5, 5.41) is 0. The number of rotatable bonds is 3. The minimum atomic E-state index is -0.404. The minimum Gasteiger partial charge on any atom is -0.463 e. The molecule has 1 aliphatic carbocycles. The Hall–Kier alpha value is -2.11. The molecular weight excluding hydrogens is 260 g/mol. The maximum Gasteiger partial charge on any atom is 0.333 e. The van der Waals surface area contributed by atoms with Crippen molar-refractivity contribution in [2.24, 2.45) is 0 Å². The second-order valence-corrected chi connectivity index (χ2v) is 4.86. The molecule has 0 radical (unpaired) electrons. The topological polar surface area (TPSA) is 81.2 Å². The number of aryl methyl sites for hydroxylation is 1. The van der Waals surface area contributed by atoms with E-state index in [0.717, 1.165) is 0 Å². The fourth-order valence-electron chi connectivity index (χ4n) is 2.34. The summed E-state index contributed by atoms with van der Waals surface area (Å²) in [4.78, 5) is 37.0. The first kappa shape index (κ1) is 14.3. The molecule has 6 nitrogen and oxygen atoms in total. The van der Waals surface area contributed by atoms with Gasteiger partial charge in [-0.15, -0.1) is 0 Å². The first-order valence-corrected chi connectivity index (χ1v) is 6.71. The number of carbonyl (C=O) groups excluding carboxylic acids is 1. The molecule has 0 aliphatic heterocycles. The molecule has 2 rings (SSSR count). The van der Waals surface area contributed by atoms with E-state index < -0.39 is 5.69 Å². The van der Waals surface area contributed by atoms with Gasteiger partial charge in [0, 0.05) is 23.4 Å². The lowest BCUT2D eigenvalue weighted by Gasteiger charge is -2.23. The number of H-pyrrole nitrogens is 1. The molecule has 0 amide bonds. The van der Waals surface area contributed by atoms with Gasteiger partial charge in [0.1, 0.15) is 0 Å². The Bertz CT molecular complexity index is 654. The van der Waals surface area contributed by atoms with E-state index in [2.05, 4.69) is 4.98 Å². The normalized spacial score (nSPS) is 18.5. The Balaban J connectivity index is 2.19. The van der Waals surface area contributed by atoms with Crippen molar-refractivity contribution in [1.82, 2.24) is 9.55 Å². The first-order valence-electron chi connectivity index (χ1n) is 6.71. The number of carbonyl (C=O) groups is 1. The second-order valence-electron chi connectivity index (χ2n) is 4.86. The standard InChI is InChI=1S/C14H18N2O4/c1-3-20-13(18)10-4-6-11(7-5-10)16-8-9(2)12(17)15-14(16)19/h4,8,11H,3,5-7H2,1-2H3,(H,15,17,19). The summed E-state index contributed by atoms with van der Waals surface area (Å²) in [5.74, 6) is -0.282. The smallest absolute Gasteiger partial charge is 0.333 e. The molecule has 0 spiro atoms. The van der Waals surface area contributed by atoms with Crippen LogP contribution in [0.5, 0.6) is 0 Å². The lowest BCUT2D eigenvalue weighted by atomic mass is 9.95. The van der Waals surface area contributed by atoms with Gasteiger partial charge in [-0.25, -0.2) is 9.59 Å². The van der Waals surface area contributed by atoms with Crippen LogP contribution in [0.3, 0.4) is 0 Å². The summed E-state index contributed by atoms with van der Waals surface area (Å²) in [7, 11) is 0. The molecule has 0 bridgehead atoms. The fraction of sp³-hybridized carbons (Fsp3) is 0.500. The van der Waals surface area contributed by atoms with E-state index in [4.69, 9.17) is 4.74 Å². The number of esters is 1. The van der Waals surface area contributed by atoms with Crippen molar-refractivity contribution in [2.75, 3.05) is 6.61 Å². The van der Waals surface area contributed by atoms with Gasteiger partial charge in [0.15, 0.2) is 0 Å². The van der Waals surface area contributed by atoms with Crippen LogP contribution in [0.4, 0.5) is 0 Å². The first-order chi connectivity index (χ1) is 9.52. The van der Waals surface area contributed by atoms with Crippen LogP contribution in [0, 0.1) is 6.92 Å². The molecule has 1 unspecified atom stereocenters. The van der Waals surface area contributed by atoms with E-state index in [1.165, 1.54) is 4.57 Å². The minimum absolute atomic E-state index is 0.0313. The molecular formula is C14H18N2O4. The van der Waals surface area contributed by atoms with Gasteiger partial charge >= 0.3 is 11.7 Å². The van der Waals surface area contributed by atoms with Crippen molar-refractivity contribution in [3.05, 3.63) is 44.2 Å². The summed E-state index contributed by atoms with van der Waals surface area (Å²) >= 11 is 0. The van der Waals surface area contributed by atoms with Crippen molar-refractivity contribution in [2.45, 2.75) is 39.2 Å². The van der Waals surface area contributed by atoms with Crippen molar-refractivity contribution in [1.29, 1.82) is 0 Å². The average Bonchev–Trinajstić information content (AvgIpc) is 2.43. The average molecular weight is 278 g/mol. The zero-order valence-electron chi connectivity index (χ0n) is 11.6. The van der Waals surface area contributed by atoms with Crippen molar-refractivity contribution < 1.29 is 9.53 Å². The van der Waals surface area contributed by atoms with E-state index in [0.29, 0.717) is 37.0 Å². The Kier molecular flexibility index (Phi) is 4.22. The van der Waals surface area contributed by atoms with Crippen molar-refractivity contribution in [3.63, 3.8) is 0 Å². The number of hydrogen-bond donors (Lipinski definition) is 1. The van der Waals surface area contributed by atoms with Gasteiger partial charge in [0.25, 0.3) is 5.56 Å². The van der Waals surface area contributed by atoms with E-state index in [9.17, 15) is 14.4 Å². The number of hydrogen-bond acceptors (Lipinski definition) is 4. The summed E-state index contributed by atoms with van der Waals surface area (Å²) in [6.07, 6.45) is 5.23. The van der Waals surface area contributed by atoms with Crippen LogP contribution >= 0.6 is 0 Å². The zero-order chi connectivity index (χ0) is 14.7. The molecule has 20 heavy (non-hydrogen) atoms. The quantitative estimate of drug-likeness (QED) is 0.838. The van der Waals surface area contributed by atoms with Crippen molar-refractivity contribution in [3.8, 4) is 0 Å². The Labute approximate surface area is 116 Å². The summed E-state index contributed by atoms with van der Waals surface area (Å²) in [6, 6.07) is -0.0313. The van der Waals surface area contributed by atoms with Gasteiger partial charge in [-0.1, -0.05) is 6.08 Å². The third-order valence-corrected chi connectivity index (χ3v) is 3.46. The number of ether oxygens (including phenoxy) is 1. The molecule has 1 atom stereocenters. The Morgan fingerprint density at radius 2 is 2.25 bits per heavy atom. The molecule has 1 aromatic heterocycles. The molecule has 0 fully saturated rings. The molecule has 108 valence electrons. The lowest BCUT2D eigenvalue weighted by Crippen LogP contribution is -2.34. The molecule has 0 saturated heterocycles. The summed E-state index contributed by atoms with van der Waals surface area (Å²) < 4.78 is 6.49. The lowest BCUT2D eigenvalue weighted by molar-refractivity contribution is -0.138. The van der Waals surface area contributed by atoms with Gasteiger partial charge in [0.05, 0.1) is 6.61 Å². The molecule has 1 N–H and O–H groups in total. The number of allylic oxidation sites excluding steroid dienone is 1. The van der Waals surface area contributed by atoms with Crippen LogP contribution in [0.25, 0.3) is 0 Å². The predicted molar refractivity (Wildman–Crippen MR) is 73.7 cm³/mol. The molecule has 0 saturated carbocycles. The van der Waals surface area contributed by atoms with Crippen LogP contribution in [0.1, 0.15) is 37.8 Å². The monoisotopic (exact) mass is 278 g/mol. The number of aromatic amines is 1. The SMILES string of the molecule is CCOC(=O)C1=CCC(n2cc(C)c(=O)[nH]c2=O)CC1. The van der Waals surface area contributed by atoms with Crippen LogP contribution < -0.4 is 11.2 Å². The third-order valence-electron chi connectivity index (χ3n) is 3.46. The highest BCUT2D eigenvalue weighted by molar-refractivity contribution is 5.88. The molecule has 1 aliphatic rings.